The maximum absolute atomic E-state index is 13.2. The van der Waals surface area contributed by atoms with Crippen LogP contribution >= 0.6 is 0 Å². The maximum atomic E-state index is 13.2. The Morgan fingerprint density at radius 3 is 1.90 bits per heavy atom. The van der Waals surface area contributed by atoms with E-state index in [1.807, 2.05) is 0 Å². The van der Waals surface area contributed by atoms with E-state index in [0.29, 0.717) is 0 Å². The van der Waals surface area contributed by atoms with Crippen molar-refractivity contribution in [3.63, 3.8) is 0 Å². The van der Waals surface area contributed by atoms with Crippen molar-refractivity contribution in [1.29, 1.82) is 0 Å². The first-order valence-electron chi connectivity index (χ1n) is 3.50. The molecule has 2 nitrogen and oxygen atoms in total. The van der Waals surface area contributed by atoms with Crippen LogP contribution in [0.15, 0.2) is 0 Å². The van der Waals surface area contributed by atoms with Crippen LogP contribution in [0.1, 0.15) is 12.8 Å². The number of fused-ring (bicyclic) bond motifs is 2. The largest absolute Gasteiger partial charge is 0.308 e. The molecule has 2 fully saturated rings. The summed E-state index contributed by atoms with van der Waals surface area (Å²) < 4.78 is 26.3. The van der Waals surface area contributed by atoms with Gasteiger partial charge in [0, 0.05) is 25.9 Å². The molecule has 0 aliphatic carbocycles. The Kier molecular flexibility index (Phi) is 1.09. The van der Waals surface area contributed by atoms with Crippen LogP contribution in [0.4, 0.5) is 8.78 Å². The molecule has 2 rings (SSSR count). The summed E-state index contributed by atoms with van der Waals surface area (Å²) in [6, 6.07) is 0. The van der Waals surface area contributed by atoms with Crippen molar-refractivity contribution in [2.75, 3.05) is 13.1 Å². The molecule has 0 spiro atoms. The highest BCUT2D eigenvalue weighted by Gasteiger charge is 2.51. The molecule has 10 heavy (non-hydrogen) atoms. The third kappa shape index (κ3) is 0.828. The molecule has 2 N–H and O–H groups in total. The van der Waals surface area contributed by atoms with E-state index in [1.54, 1.807) is 0 Å². The number of piperazine rings is 1. The van der Waals surface area contributed by atoms with Crippen LogP contribution in [-0.4, -0.2) is 24.7 Å². The maximum Gasteiger partial charge on any atom is 0.176 e. The zero-order valence-corrected chi connectivity index (χ0v) is 5.58. The average molecular weight is 148 g/mol. The van der Waals surface area contributed by atoms with E-state index in [1.165, 1.54) is 0 Å². The quantitative estimate of drug-likeness (QED) is 0.483. The van der Waals surface area contributed by atoms with Crippen LogP contribution in [0.25, 0.3) is 0 Å². The van der Waals surface area contributed by atoms with Gasteiger partial charge in [-0.25, -0.2) is 8.78 Å². The molecule has 2 aliphatic rings. The molecule has 0 aromatic carbocycles. The molecule has 2 saturated heterocycles. The smallest absolute Gasteiger partial charge is 0.176 e. The van der Waals surface area contributed by atoms with Gasteiger partial charge in [-0.15, -0.1) is 0 Å². The summed E-state index contributed by atoms with van der Waals surface area (Å²) in [7, 11) is 0. The minimum Gasteiger partial charge on any atom is -0.308 e. The second-order valence-electron chi connectivity index (χ2n) is 3.16. The molecule has 0 radical (unpaired) electrons. The molecule has 2 unspecified atom stereocenters. The number of nitrogens with one attached hydrogen (secondary N) is 2. The van der Waals surface area contributed by atoms with Gasteiger partial charge in [0.05, 0.1) is 0 Å². The summed E-state index contributed by atoms with van der Waals surface area (Å²) >= 11 is 0. The first-order chi connectivity index (χ1) is 4.62. The van der Waals surface area contributed by atoms with Gasteiger partial charge in [0.2, 0.25) is 0 Å². The third-order valence-corrected chi connectivity index (χ3v) is 2.18. The summed E-state index contributed by atoms with van der Waals surface area (Å²) in [5, 5.41) is 5.06. The van der Waals surface area contributed by atoms with Crippen molar-refractivity contribution in [2.24, 2.45) is 0 Å². The van der Waals surface area contributed by atoms with Gasteiger partial charge in [-0.2, -0.15) is 0 Å². The summed E-state index contributed by atoms with van der Waals surface area (Å²) in [6.45, 7) is 0.470. The fourth-order valence-electron chi connectivity index (χ4n) is 1.65. The van der Waals surface area contributed by atoms with Gasteiger partial charge in [0.1, 0.15) is 0 Å². The van der Waals surface area contributed by atoms with Crippen molar-refractivity contribution in [2.45, 2.75) is 24.4 Å². The lowest BCUT2D eigenvalue weighted by atomic mass is 10.2. The molecule has 2 aliphatic heterocycles. The predicted molar refractivity (Wildman–Crippen MR) is 32.9 cm³/mol. The minimum atomic E-state index is -1.48. The van der Waals surface area contributed by atoms with E-state index in [-0.39, 0.29) is 25.9 Å². The monoisotopic (exact) mass is 148 g/mol. The van der Waals surface area contributed by atoms with Gasteiger partial charge in [0.25, 0.3) is 0 Å². The molecule has 2 heterocycles. The van der Waals surface area contributed by atoms with E-state index < -0.39 is 11.6 Å². The van der Waals surface area contributed by atoms with Crippen LogP contribution in [0, 0.1) is 0 Å². The normalized spacial score (nSPS) is 53.4. The fraction of sp³-hybridized carbons (Fsp3) is 1.00. The van der Waals surface area contributed by atoms with Gasteiger partial charge < -0.3 is 5.32 Å². The van der Waals surface area contributed by atoms with E-state index >= 15 is 0 Å². The van der Waals surface area contributed by atoms with Gasteiger partial charge >= 0.3 is 0 Å². The third-order valence-electron chi connectivity index (χ3n) is 2.18. The molecule has 0 amide bonds. The lowest BCUT2D eigenvalue weighted by molar-refractivity contribution is 0.0294. The van der Waals surface area contributed by atoms with Gasteiger partial charge in [-0.05, 0) is 0 Å². The zero-order valence-electron chi connectivity index (χ0n) is 5.58. The van der Waals surface area contributed by atoms with Gasteiger partial charge in [-0.3, -0.25) is 5.32 Å². The molecular formula is C6H10F2N2. The molecule has 58 valence electrons. The second-order valence-corrected chi connectivity index (χ2v) is 3.16. The topological polar surface area (TPSA) is 24.1 Å². The first-order valence-corrected chi connectivity index (χ1v) is 3.50. The Labute approximate surface area is 58.0 Å². The summed E-state index contributed by atoms with van der Waals surface area (Å²) in [5.74, 6) is -2.96. The summed E-state index contributed by atoms with van der Waals surface area (Å²) in [5.41, 5.74) is 0. The van der Waals surface area contributed by atoms with E-state index in [2.05, 4.69) is 10.6 Å². The number of halogens is 2. The van der Waals surface area contributed by atoms with E-state index in [9.17, 15) is 8.78 Å². The standard InChI is InChI=1S/C6H10F2N2/c7-5-1-2-6(8,10-5)4-9-3-5/h9-10H,1-4H2. The molecule has 0 aromatic rings. The van der Waals surface area contributed by atoms with Crippen LogP contribution in [-0.2, 0) is 0 Å². The fourth-order valence-corrected chi connectivity index (χ4v) is 1.65. The number of hydrogen-bond acceptors (Lipinski definition) is 2. The highest BCUT2D eigenvalue weighted by Crippen LogP contribution is 2.34. The van der Waals surface area contributed by atoms with Crippen molar-refractivity contribution >= 4 is 0 Å². The number of hydrogen-bond donors (Lipinski definition) is 2. The minimum absolute atomic E-state index is 0.235. The SMILES string of the molecule is FC12CCC(F)(CNC1)N2. The van der Waals surface area contributed by atoms with E-state index in [4.69, 9.17) is 0 Å². The molecule has 2 bridgehead atoms. The summed E-state index contributed by atoms with van der Waals surface area (Å²) in [4.78, 5) is 0. The molecule has 2 atom stereocenters. The lowest BCUT2D eigenvalue weighted by Gasteiger charge is -2.31. The Morgan fingerprint density at radius 1 is 1.00 bits per heavy atom. The average Bonchev–Trinajstić information content (AvgIpc) is 2.03. The van der Waals surface area contributed by atoms with Crippen LogP contribution in [0.5, 0.6) is 0 Å². The highest BCUT2D eigenvalue weighted by atomic mass is 19.2. The van der Waals surface area contributed by atoms with Gasteiger partial charge in [-0.1, -0.05) is 0 Å². The van der Waals surface area contributed by atoms with Crippen LogP contribution in [0.3, 0.4) is 0 Å². The van der Waals surface area contributed by atoms with E-state index in [0.717, 1.165) is 0 Å². The Balaban J connectivity index is 2.20. The number of rotatable bonds is 0. The first kappa shape index (κ1) is 6.49. The van der Waals surface area contributed by atoms with Crippen molar-refractivity contribution in [1.82, 2.24) is 10.6 Å². The van der Waals surface area contributed by atoms with Crippen molar-refractivity contribution in [3.8, 4) is 0 Å². The molecule has 0 saturated carbocycles. The van der Waals surface area contributed by atoms with Crippen molar-refractivity contribution in [3.05, 3.63) is 0 Å². The Morgan fingerprint density at radius 2 is 1.50 bits per heavy atom. The Hall–Kier alpha value is -0.220. The van der Waals surface area contributed by atoms with Crippen LogP contribution < -0.4 is 10.6 Å². The lowest BCUT2D eigenvalue weighted by Crippen LogP contribution is -2.60. The highest BCUT2D eigenvalue weighted by molar-refractivity contribution is 5.01. The zero-order chi connectivity index (χ0) is 7.24. The van der Waals surface area contributed by atoms with Gasteiger partial charge in [0.15, 0.2) is 11.6 Å². The van der Waals surface area contributed by atoms with Crippen LogP contribution in [0.2, 0.25) is 0 Å². The molecular weight excluding hydrogens is 138 g/mol. The molecule has 0 aromatic heterocycles. The molecule has 4 heteroatoms. The summed E-state index contributed by atoms with van der Waals surface area (Å²) in [6.07, 6.45) is 0.576. The second kappa shape index (κ2) is 1.68. The predicted octanol–water partition coefficient (Wildman–Crippen LogP) is 0.305. The number of alkyl halides is 2. The Bertz CT molecular complexity index is 148. The van der Waals surface area contributed by atoms with Crippen molar-refractivity contribution < 1.29 is 8.78 Å².